The number of benzene rings is 4. The maximum Gasteiger partial charge on any atom is 0.307 e. The van der Waals surface area contributed by atoms with Crippen molar-refractivity contribution in [3.05, 3.63) is 66.2 Å². The lowest BCUT2D eigenvalue weighted by Gasteiger charge is -2.46. The van der Waals surface area contributed by atoms with Gasteiger partial charge < -0.3 is 42.6 Å². The van der Waals surface area contributed by atoms with Gasteiger partial charge in [0.05, 0.1) is 4.90 Å². The molecular formula is C61H94O12S2. The SMILES string of the molecule is Cc1ccc(S(=O)(=O)OS(c2c(OC(C)(C)C)cc(OC(C)(C)C)cc2OC(C)(C)C)(c2c(OC(C)(C)C)cc(OC(C)(C)C)cc2OC(C)(C)C)c2c(OC(C)(C)C)cc(OC(C)(C)C)cc2OC(C)(C)C)cc1. The number of ether oxygens (including phenoxy) is 9. The molecule has 0 bridgehead atoms. The third-order valence-corrected chi connectivity index (χ3v) is 14.4. The van der Waals surface area contributed by atoms with Crippen LogP contribution < -0.4 is 42.6 Å². The number of hydrogen-bond acceptors (Lipinski definition) is 12. The Morgan fingerprint density at radius 3 is 0.653 bits per heavy atom. The molecule has 422 valence electrons. The molecule has 0 amide bonds. The van der Waals surface area contributed by atoms with Crippen molar-refractivity contribution in [3.63, 3.8) is 0 Å². The summed E-state index contributed by atoms with van der Waals surface area (Å²) in [5, 5.41) is 0. The highest BCUT2D eigenvalue weighted by molar-refractivity contribution is 8.33. The predicted molar refractivity (Wildman–Crippen MR) is 305 cm³/mol. The van der Waals surface area contributed by atoms with Gasteiger partial charge in [-0.3, -0.25) is 0 Å². The van der Waals surface area contributed by atoms with Crippen molar-refractivity contribution in [3.8, 4) is 51.7 Å². The summed E-state index contributed by atoms with van der Waals surface area (Å²) in [6.07, 6.45) is 0. The molecule has 0 atom stereocenters. The lowest BCUT2D eigenvalue weighted by molar-refractivity contribution is 0.104. The molecule has 0 saturated carbocycles. The van der Waals surface area contributed by atoms with Gasteiger partial charge >= 0.3 is 10.1 Å². The zero-order valence-corrected chi connectivity index (χ0v) is 52.6. The first kappa shape index (κ1) is 62.9. The third kappa shape index (κ3) is 19.1. The summed E-state index contributed by atoms with van der Waals surface area (Å²) in [7, 11) is -9.20. The van der Waals surface area contributed by atoms with Gasteiger partial charge in [-0.2, -0.15) is 8.42 Å². The summed E-state index contributed by atoms with van der Waals surface area (Å²) in [6, 6.07) is 17.1. The first-order valence-corrected chi connectivity index (χ1v) is 28.9. The minimum Gasteiger partial charge on any atom is -0.488 e. The molecule has 0 N–H and O–H groups in total. The number of aryl methyl sites for hydroxylation is 1. The lowest BCUT2D eigenvalue weighted by atomic mass is 10.1. The van der Waals surface area contributed by atoms with Crippen molar-refractivity contribution in [2.24, 2.45) is 0 Å². The van der Waals surface area contributed by atoms with Crippen LogP contribution in [0.5, 0.6) is 51.7 Å². The van der Waals surface area contributed by atoms with Crippen LogP contribution in [0.3, 0.4) is 0 Å². The summed E-state index contributed by atoms with van der Waals surface area (Å²) in [6.45, 7) is 53.9. The Morgan fingerprint density at radius 1 is 0.293 bits per heavy atom. The molecule has 0 fully saturated rings. The fraction of sp³-hybridized carbons (Fsp3) is 0.607. The molecule has 4 rings (SSSR count). The van der Waals surface area contributed by atoms with Crippen molar-refractivity contribution < 1.29 is 54.7 Å². The fourth-order valence-corrected chi connectivity index (χ4v) is 13.1. The van der Waals surface area contributed by atoms with Gasteiger partial charge in [0.2, 0.25) is 0 Å². The lowest BCUT2D eigenvalue weighted by Crippen LogP contribution is -2.31. The summed E-state index contributed by atoms with van der Waals surface area (Å²) < 4.78 is 104. The molecule has 75 heavy (non-hydrogen) atoms. The Kier molecular flexibility index (Phi) is 17.8. The quantitative estimate of drug-likeness (QED) is 0.112. The van der Waals surface area contributed by atoms with Crippen LogP contribution in [-0.2, 0) is 13.7 Å². The van der Waals surface area contributed by atoms with Gasteiger partial charge in [-0.25, -0.2) is 3.63 Å². The van der Waals surface area contributed by atoms with Gasteiger partial charge in [0.25, 0.3) is 0 Å². The van der Waals surface area contributed by atoms with E-state index in [4.69, 9.17) is 46.3 Å². The summed E-state index contributed by atoms with van der Waals surface area (Å²) >= 11 is 0. The van der Waals surface area contributed by atoms with Crippen LogP contribution in [0.15, 0.2) is 80.2 Å². The van der Waals surface area contributed by atoms with Crippen molar-refractivity contribution in [2.75, 3.05) is 0 Å². The Hall–Kier alpha value is -4.66. The maximum absolute atomic E-state index is 16.3. The molecule has 0 radical (unpaired) electrons. The van der Waals surface area contributed by atoms with Crippen LogP contribution >= 0.6 is 10.3 Å². The largest absolute Gasteiger partial charge is 0.488 e. The monoisotopic (exact) mass is 1080 g/mol. The summed E-state index contributed by atoms with van der Waals surface area (Å²) in [5.41, 5.74) is -6.89. The first-order valence-electron chi connectivity index (χ1n) is 25.9. The highest BCUT2D eigenvalue weighted by Gasteiger charge is 2.53. The second-order valence-corrected chi connectivity index (χ2v) is 32.3. The molecule has 0 unspecified atom stereocenters. The minimum atomic E-state index is -4.95. The van der Waals surface area contributed by atoms with Crippen molar-refractivity contribution >= 4 is 20.4 Å². The van der Waals surface area contributed by atoms with Gasteiger partial charge in [-0.05, 0) is 216 Å². The van der Waals surface area contributed by atoms with Crippen LogP contribution in [0.4, 0.5) is 0 Å². The van der Waals surface area contributed by atoms with E-state index < -0.39 is 70.8 Å². The molecule has 0 aromatic heterocycles. The van der Waals surface area contributed by atoms with Gasteiger partial charge in [-0.1, -0.05) is 17.7 Å². The average molecular weight is 1080 g/mol. The molecule has 0 saturated heterocycles. The maximum atomic E-state index is 16.3. The molecular weight excluding hydrogens is 989 g/mol. The van der Waals surface area contributed by atoms with E-state index in [1.54, 1.807) is 48.5 Å². The van der Waals surface area contributed by atoms with Gasteiger partial charge in [0, 0.05) is 36.4 Å². The number of rotatable bonds is 15. The van der Waals surface area contributed by atoms with Gasteiger partial charge in [0.1, 0.15) is 117 Å². The highest BCUT2D eigenvalue weighted by atomic mass is 32.3. The Morgan fingerprint density at radius 2 is 0.480 bits per heavy atom. The number of hydrogen-bond donors (Lipinski definition) is 0. The Labute approximate surface area is 454 Å². The van der Waals surface area contributed by atoms with E-state index >= 15 is 8.42 Å². The normalized spacial score (nSPS) is 14.0. The molecule has 14 heteroatoms. The van der Waals surface area contributed by atoms with Crippen LogP contribution in [-0.4, -0.2) is 58.8 Å². The second-order valence-electron chi connectivity index (χ2n) is 28.1. The van der Waals surface area contributed by atoms with Crippen molar-refractivity contribution in [2.45, 2.75) is 264 Å². The zero-order chi connectivity index (χ0) is 57.7. The van der Waals surface area contributed by atoms with E-state index in [0.717, 1.165) is 5.56 Å². The molecule has 0 heterocycles. The van der Waals surface area contributed by atoms with E-state index in [9.17, 15) is 0 Å². The topological polar surface area (TPSA) is 126 Å². The van der Waals surface area contributed by atoms with Crippen LogP contribution in [0.2, 0.25) is 0 Å². The molecule has 4 aromatic rings. The highest BCUT2D eigenvalue weighted by Crippen LogP contribution is 2.82. The summed E-state index contributed by atoms with van der Waals surface area (Å²) in [5.74, 6) is 2.21. The van der Waals surface area contributed by atoms with Crippen molar-refractivity contribution in [1.82, 2.24) is 0 Å². The minimum absolute atomic E-state index is 0.122. The smallest absolute Gasteiger partial charge is 0.307 e. The molecule has 4 aromatic carbocycles. The van der Waals surface area contributed by atoms with Crippen LogP contribution in [0, 0.1) is 6.92 Å². The summed E-state index contributed by atoms with van der Waals surface area (Å²) in [4.78, 5) is 0.401. The molecule has 0 spiro atoms. The third-order valence-electron chi connectivity index (χ3n) is 9.12. The van der Waals surface area contributed by atoms with Crippen LogP contribution in [0.1, 0.15) is 193 Å². The van der Waals surface area contributed by atoms with E-state index in [1.807, 2.05) is 194 Å². The van der Waals surface area contributed by atoms with Gasteiger partial charge in [-0.15, -0.1) is 0 Å². The molecule has 0 aliphatic carbocycles. The zero-order valence-electron chi connectivity index (χ0n) is 51.0. The fourth-order valence-electron chi connectivity index (χ4n) is 7.47. The molecule has 0 aliphatic heterocycles. The Balaban J connectivity index is 2.81. The van der Waals surface area contributed by atoms with Crippen molar-refractivity contribution in [1.29, 1.82) is 0 Å². The van der Waals surface area contributed by atoms with E-state index in [-0.39, 0.29) is 54.1 Å². The second kappa shape index (κ2) is 21.3. The Bertz CT molecular complexity index is 2380. The van der Waals surface area contributed by atoms with E-state index in [0.29, 0.717) is 17.2 Å². The predicted octanol–water partition coefficient (Wildman–Crippen LogP) is 17.2. The van der Waals surface area contributed by atoms with E-state index in [2.05, 4.69) is 0 Å². The van der Waals surface area contributed by atoms with E-state index in [1.165, 1.54) is 12.1 Å². The average Bonchev–Trinajstić information content (AvgIpc) is 3.08. The molecule has 0 aliphatic rings. The van der Waals surface area contributed by atoms with Crippen LogP contribution in [0.25, 0.3) is 0 Å². The molecule has 12 nitrogen and oxygen atoms in total. The van der Waals surface area contributed by atoms with Gasteiger partial charge in [0.15, 0.2) is 0 Å². The standard InChI is InChI=1S/C61H94O12S2/c1-39-29-31-43(32-30-39)75(62,63)73-74(50-44(67-56(11,12)13)33-40(64-53(2,3)4)34-45(50)68-57(14,15)16,51-46(69-58(17,18)19)35-41(65-54(5,6)7)36-47(51)70-59(20,21)22)52-48(71-60(23,24)25)37-42(66-55(8,9)10)38-49(52)72-61(26,27)28/h29-38H,1-28H3. The first-order chi connectivity index (χ1) is 33.3.